The molecule has 1 aliphatic heterocycles. The number of ether oxygens (including phenoxy) is 2. The number of carbonyl (C=O) groups excluding carboxylic acids is 1. The topological polar surface area (TPSA) is 50.8 Å². The number of nitrogens with one attached hydrogen (secondary N) is 1. The molecule has 0 bridgehead atoms. The van der Waals surface area contributed by atoms with Crippen LogP contribution in [0.2, 0.25) is 0 Å². The first-order chi connectivity index (χ1) is 14.3. The average molecular weight is 459 g/mol. The number of rotatable bonds is 4. The Bertz CT molecular complexity index is 852. The highest BCUT2D eigenvalue weighted by atomic mass is 32.1. The van der Waals surface area contributed by atoms with E-state index in [9.17, 15) is 18.0 Å². The minimum atomic E-state index is -4.27. The summed E-state index contributed by atoms with van der Waals surface area (Å²) in [5, 5.41) is 3.17. The van der Waals surface area contributed by atoms with Gasteiger partial charge in [0.15, 0.2) is 0 Å². The van der Waals surface area contributed by atoms with Crippen molar-refractivity contribution in [1.29, 1.82) is 0 Å². The molecule has 9 heteroatoms. The van der Waals surface area contributed by atoms with Gasteiger partial charge in [-0.25, -0.2) is 4.79 Å². The number of aryl methyl sites for hydroxylation is 1. The van der Waals surface area contributed by atoms with E-state index >= 15 is 0 Å². The van der Waals surface area contributed by atoms with Crippen LogP contribution in [-0.2, 0) is 11.2 Å². The van der Waals surface area contributed by atoms with Crippen LogP contribution in [0, 0.1) is 0 Å². The van der Waals surface area contributed by atoms with Gasteiger partial charge >= 0.3 is 12.3 Å². The summed E-state index contributed by atoms with van der Waals surface area (Å²) in [6.07, 6.45) is -3.95. The highest BCUT2D eigenvalue weighted by Gasteiger charge is 2.35. The van der Waals surface area contributed by atoms with Gasteiger partial charge in [-0.3, -0.25) is 0 Å². The summed E-state index contributed by atoms with van der Waals surface area (Å²) in [5.74, 6) is 0.696. The molecule has 0 radical (unpaired) electrons. The first kappa shape index (κ1) is 23.6. The van der Waals surface area contributed by atoms with Crippen LogP contribution in [0.5, 0.6) is 5.75 Å². The Labute approximate surface area is 186 Å². The Balaban J connectivity index is 1.91. The van der Waals surface area contributed by atoms with E-state index in [1.807, 2.05) is 19.1 Å². The lowest BCUT2D eigenvalue weighted by atomic mass is 9.86. The summed E-state index contributed by atoms with van der Waals surface area (Å²) in [5.41, 5.74) is 1.90. The Hall–Kier alpha value is -2.03. The number of halogens is 3. The van der Waals surface area contributed by atoms with Crippen LogP contribution in [0.25, 0.3) is 0 Å². The molecule has 2 aliphatic rings. The number of carbonyl (C=O) groups is 1. The smallest absolute Gasteiger partial charge is 0.410 e. The van der Waals surface area contributed by atoms with Crippen molar-refractivity contribution in [2.75, 3.05) is 11.9 Å². The Morgan fingerprint density at radius 3 is 2.68 bits per heavy atom. The number of thiocarbonyl (C=S) groups is 1. The predicted molar refractivity (Wildman–Crippen MR) is 117 cm³/mol. The Morgan fingerprint density at radius 1 is 1.32 bits per heavy atom. The summed E-state index contributed by atoms with van der Waals surface area (Å²) >= 11 is 5.31. The molecule has 1 N–H and O–H groups in total. The zero-order valence-corrected chi connectivity index (χ0v) is 19.1. The van der Waals surface area contributed by atoms with Crippen molar-refractivity contribution in [2.24, 2.45) is 0 Å². The number of amides is 1. The molecule has 0 unspecified atom stereocenters. The maximum atomic E-state index is 13.0. The molecule has 1 heterocycles. The van der Waals surface area contributed by atoms with Gasteiger partial charge in [0.1, 0.15) is 22.4 Å². The number of alkyl halides is 3. The van der Waals surface area contributed by atoms with Crippen LogP contribution >= 0.6 is 12.2 Å². The van der Waals surface area contributed by atoms with Crippen molar-refractivity contribution in [3.05, 3.63) is 23.3 Å². The van der Waals surface area contributed by atoms with Crippen LogP contribution in [0.1, 0.15) is 70.5 Å². The van der Waals surface area contributed by atoms with Crippen LogP contribution in [0.4, 0.5) is 23.7 Å². The number of hydrogen-bond acceptors (Lipinski definition) is 4. The normalized spacial score (nSPS) is 20.8. The summed E-state index contributed by atoms with van der Waals surface area (Å²) in [6, 6.07) is 3.49. The lowest BCUT2D eigenvalue weighted by molar-refractivity contribution is -0.136. The van der Waals surface area contributed by atoms with Gasteiger partial charge in [0, 0.05) is 13.0 Å². The van der Waals surface area contributed by atoms with Gasteiger partial charge in [0.05, 0.1) is 11.7 Å². The van der Waals surface area contributed by atoms with Crippen molar-refractivity contribution < 1.29 is 27.4 Å². The van der Waals surface area contributed by atoms with Crippen LogP contribution < -0.4 is 10.1 Å². The highest BCUT2D eigenvalue weighted by Crippen LogP contribution is 2.42. The molecule has 0 aromatic heterocycles. The molecule has 3 rings (SSSR count). The number of anilines is 1. The van der Waals surface area contributed by atoms with E-state index in [0.29, 0.717) is 22.8 Å². The monoisotopic (exact) mass is 458 g/mol. The number of benzene rings is 1. The van der Waals surface area contributed by atoms with Gasteiger partial charge in [-0.1, -0.05) is 12.2 Å². The fraction of sp³-hybridized carbons (Fsp3) is 0.636. The van der Waals surface area contributed by atoms with Crippen LogP contribution in [0.3, 0.4) is 0 Å². The molecule has 5 nitrogen and oxygen atoms in total. The summed E-state index contributed by atoms with van der Waals surface area (Å²) in [7, 11) is 0. The van der Waals surface area contributed by atoms with E-state index < -0.39 is 24.3 Å². The third kappa shape index (κ3) is 6.02. The van der Waals surface area contributed by atoms with E-state index in [1.165, 1.54) is 4.90 Å². The van der Waals surface area contributed by atoms with Crippen molar-refractivity contribution in [3.8, 4) is 5.75 Å². The Morgan fingerprint density at radius 2 is 2.03 bits per heavy atom. The number of hydrogen-bond donors (Lipinski definition) is 1. The van der Waals surface area contributed by atoms with Gasteiger partial charge in [-0.2, -0.15) is 13.2 Å². The minimum absolute atomic E-state index is 0.0327. The second-order valence-electron chi connectivity index (χ2n) is 9.10. The molecule has 1 amide bonds. The molecular formula is C22H29F3N2O3S. The predicted octanol–water partition coefficient (Wildman–Crippen LogP) is 6.16. The molecule has 0 spiro atoms. The molecule has 31 heavy (non-hydrogen) atoms. The van der Waals surface area contributed by atoms with Crippen molar-refractivity contribution in [3.63, 3.8) is 0 Å². The minimum Gasteiger partial charge on any atom is -0.481 e. The maximum absolute atomic E-state index is 13.0. The van der Waals surface area contributed by atoms with Crippen molar-refractivity contribution >= 4 is 29.0 Å². The molecule has 1 aromatic carbocycles. The van der Waals surface area contributed by atoms with Crippen LogP contribution in [-0.4, -0.2) is 40.4 Å². The van der Waals surface area contributed by atoms with E-state index in [2.05, 4.69) is 5.32 Å². The molecule has 1 aromatic rings. The lowest BCUT2D eigenvalue weighted by Gasteiger charge is -2.38. The number of nitrogens with zero attached hydrogens (tertiary/aromatic N) is 1. The Kier molecular flexibility index (Phi) is 6.74. The molecule has 2 atom stereocenters. The largest absolute Gasteiger partial charge is 0.481 e. The maximum Gasteiger partial charge on any atom is 0.410 e. The van der Waals surface area contributed by atoms with Gasteiger partial charge in [0.2, 0.25) is 0 Å². The molecule has 1 aliphatic carbocycles. The molecule has 172 valence electrons. The lowest BCUT2D eigenvalue weighted by Crippen LogP contribution is -2.41. The van der Waals surface area contributed by atoms with E-state index in [0.717, 1.165) is 24.0 Å². The second kappa shape index (κ2) is 8.84. The fourth-order valence-electron chi connectivity index (χ4n) is 3.95. The van der Waals surface area contributed by atoms with Gasteiger partial charge in [-0.15, -0.1) is 0 Å². The summed E-state index contributed by atoms with van der Waals surface area (Å²) in [4.78, 5) is 15.0. The molecule has 0 saturated carbocycles. The van der Waals surface area contributed by atoms with Crippen molar-refractivity contribution in [2.45, 2.75) is 83.7 Å². The molecular weight excluding hydrogens is 429 g/mol. The third-order valence-corrected chi connectivity index (χ3v) is 5.75. The third-order valence-electron chi connectivity index (χ3n) is 5.32. The molecule has 0 fully saturated rings. The molecule has 0 saturated heterocycles. The van der Waals surface area contributed by atoms with Crippen molar-refractivity contribution in [1.82, 2.24) is 4.90 Å². The first-order valence-corrected chi connectivity index (χ1v) is 11.0. The SMILES string of the molecule is C[C@H]1Oc2cc3c(cc2NC1=S)[C@H](N(CCCC(F)(F)F)C(=O)OC(C)(C)C)CCC3. The quantitative estimate of drug-likeness (QED) is 0.548. The number of fused-ring (bicyclic) bond motifs is 2. The van der Waals surface area contributed by atoms with E-state index in [-0.39, 0.29) is 25.1 Å². The second-order valence-corrected chi connectivity index (χ2v) is 9.54. The van der Waals surface area contributed by atoms with Gasteiger partial charge in [0.25, 0.3) is 0 Å². The highest BCUT2D eigenvalue weighted by molar-refractivity contribution is 7.80. The van der Waals surface area contributed by atoms with Crippen LogP contribution in [0.15, 0.2) is 12.1 Å². The fourth-order valence-corrected chi connectivity index (χ4v) is 4.11. The van der Waals surface area contributed by atoms with Gasteiger partial charge < -0.3 is 19.7 Å². The van der Waals surface area contributed by atoms with E-state index in [1.54, 1.807) is 20.8 Å². The summed E-state index contributed by atoms with van der Waals surface area (Å²) < 4.78 is 49.7. The van der Waals surface area contributed by atoms with E-state index in [4.69, 9.17) is 21.7 Å². The standard InChI is InChI=1S/C22H29F3N2O3S/c1-13-19(31)26-16-12-15-14(11-18(16)29-13)7-5-8-17(15)27(10-6-9-22(23,24)25)20(28)30-21(2,3)4/h11-13,17H,5-10H2,1-4H3,(H,26,31)/t13-,17-/m1/s1. The average Bonchev–Trinajstić information content (AvgIpc) is 2.62. The zero-order valence-electron chi connectivity index (χ0n) is 18.3. The zero-order chi connectivity index (χ0) is 23.0. The summed E-state index contributed by atoms with van der Waals surface area (Å²) in [6.45, 7) is 7.06. The van der Waals surface area contributed by atoms with Gasteiger partial charge in [-0.05, 0) is 76.6 Å². The first-order valence-electron chi connectivity index (χ1n) is 10.5.